The maximum atomic E-state index is 12.9. The number of hydrogen-bond acceptors (Lipinski definition) is 15. The molecule has 5 atom stereocenters. The van der Waals surface area contributed by atoms with Crippen molar-refractivity contribution in [2.24, 2.45) is 5.92 Å². The van der Waals surface area contributed by atoms with E-state index < -0.39 is 97.5 Å². The number of rotatable bonds is 59. The highest BCUT2D eigenvalue weighted by atomic mass is 31.2. The van der Waals surface area contributed by atoms with E-state index in [1.54, 1.807) is 0 Å². The van der Waals surface area contributed by atoms with E-state index in [1.165, 1.54) is 103 Å². The molecule has 0 aliphatic rings. The van der Waals surface area contributed by atoms with Gasteiger partial charge >= 0.3 is 39.5 Å². The second kappa shape index (κ2) is 53.1. The molecule has 0 rings (SSSR count). The molecule has 462 valence electrons. The smallest absolute Gasteiger partial charge is 0.462 e. The van der Waals surface area contributed by atoms with Crippen LogP contribution >= 0.6 is 15.6 Å². The lowest BCUT2D eigenvalue weighted by Gasteiger charge is -2.21. The first-order valence-electron chi connectivity index (χ1n) is 31.1. The van der Waals surface area contributed by atoms with Crippen LogP contribution in [0.2, 0.25) is 0 Å². The average molecular weight is 1160 g/mol. The lowest BCUT2D eigenvalue weighted by atomic mass is 10.0. The molecule has 2 unspecified atom stereocenters. The molecule has 0 aliphatic heterocycles. The number of phosphoric acid groups is 2. The Balaban J connectivity index is 5.21. The normalized spacial score (nSPS) is 14.4. The zero-order valence-corrected chi connectivity index (χ0v) is 51.6. The Kier molecular flexibility index (Phi) is 51.8. The predicted molar refractivity (Wildman–Crippen MR) is 308 cm³/mol. The summed E-state index contributed by atoms with van der Waals surface area (Å²) in [5.74, 6) is -1.43. The fourth-order valence-electron chi connectivity index (χ4n) is 8.70. The van der Waals surface area contributed by atoms with E-state index >= 15 is 0 Å². The Bertz CT molecular complexity index is 1530. The number of aliphatic hydroxyl groups is 1. The van der Waals surface area contributed by atoms with Gasteiger partial charge in [0.15, 0.2) is 12.2 Å². The molecule has 0 heterocycles. The van der Waals surface area contributed by atoms with Gasteiger partial charge in [-0.3, -0.25) is 37.3 Å². The van der Waals surface area contributed by atoms with Crippen molar-refractivity contribution in [3.8, 4) is 0 Å². The standard InChI is InChI=1S/C59H114O17P2/c1-6-9-12-15-18-20-22-28-33-38-43-57(62)70-49-55(76-59(64)45-40-35-30-25-24-27-31-36-41-52(4)5)51-74-78(67,68)72-47-53(60)46-71-77(65,66)73-50-54(48-69-56(61)42-37-32-26-17-14-11-8-3)75-58(63)44-39-34-29-23-21-19-16-13-10-7-2/h52-55,60H,6-51H2,1-5H3,(H,65,66)(H,67,68)/t53-,54+,55+/m0/s1. The number of aliphatic hydroxyl groups excluding tert-OH is 1. The van der Waals surface area contributed by atoms with Gasteiger partial charge in [-0.15, -0.1) is 0 Å². The van der Waals surface area contributed by atoms with Gasteiger partial charge in [0.2, 0.25) is 0 Å². The third-order valence-corrected chi connectivity index (χ3v) is 15.4. The van der Waals surface area contributed by atoms with Crippen LogP contribution < -0.4 is 0 Å². The summed E-state index contributed by atoms with van der Waals surface area (Å²) in [6.07, 6.45) is 34.9. The Hall–Kier alpha value is -1.94. The summed E-state index contributed by atoms with van der Waals surface area (Å²) >= 11 is 0. The van der Waals surface area contributed by atoms with Crippen LogP contribution in [-0.4, -0.2) is 96.7 Å². The number of carbonyl (C=O) groups excluding carboxylic acids is 4. The number of carbonyl (C=O) groups is 4. The van der Waals surface area contributed by atoms with Crippen LogP contribution in [-0.2, 0) is 65.4 Å². The van der Waals surface area contributed by atoms with Gasteiger partial charge in [-0.1, -0.05) is 240 Å². The van der Waals surface area contributed by atoms with Crippen LogP contribution in [0.25, 0.3) is 0 Å². The second-order valence-corrected chi connectivity index (χ2v) is 24.8. The molecule has 3 N–H and O–H groups in total. The first-order valence-corrected chi connectivity index (χ1v) is 34.1. The molecular formula is C59H114O17P2. The first-order chi connectivity index (χ1) is 37.5. The molecule has 0 spiro atoms. The molecule has 0 aromatic carbocycles. The lowest BCUT2D eigenvalue weighted by molar-refractivity contribution is -0.161. The van der Waals surface area contributed by atoms with Crippen LogP contribution in [0.1, 0.15) is 291 Å². The van der Waals surface area contributed by atoms with Gasteiger partial charge in [-0.05, 0) is 31.6 Å². The zero-order valence-electron chi connectivity index (χ0n) is 49.8. The molecule has 17 nitrogen and oxygen atoms in total. The molecule has 0 aromatic rings. The number of phosphoric ester groups is 2. The van der Waals surface area contributed by atoms with Crippen molar-refractivity contribution in [2.75, 3.05) is 39.6 Å². The van der Waals surface area contributed by atoms with Crippen molar-refractivity contribution < 1.29 is 80.2 Å². The molecule has 78 heavy (non-hydrogen) atoms. The van der Waals surface area contributed by atoms with Crippen molar-refractivity contribution in [1.29, 1.82) is 0 Å². The third-order valence-electron chi connectivity index (χ3n) is 13.5. The molecule has 0 aliphatic carbocycles. The van der Waals surface area contributed by atoms with Gasteiger partial charge in [0.25, 0.3) is 0 Å². The van der Waals surface area contributed by atoms with E-state index in [2.05, 4.69) is 34.6 Å². The molecule has 19 heteroatoms. The summed E-state index contributed by atoms with van der Waals surface area (Å²) in [5, 5.41) is 10.5. The summed E-state index contributed by atoms with van der Waals surface area (Å²) in [6, 6.07) is 0. The van der Waals surface area contributed by atoms with Crippen LogP contribution in [0.15, 0.2) is 0 Å². The van der Waals surface area contributed by atoms with Gasteiger partial charge in [-0.2, -0.15) is 0 Å². The van der Waals surface area contributed by atoms with E-state index in [4.69, 9.17) is 37.0 Å². The highest BCUT2D eigenvalue weighted by molar-refractivity contribution is 7.47. The van der Waals surface area contributed by atoms with E-state index in [0.29, 0.717) is 25.7 Å². The Morgan fingerprint density at radius 3 is 0.872 bits per heavy atom. The van der Waals surface area contributed by atoms with Crippen molar-refractivity contribution in [3.63, 3.8) is 0 Å². The van der Waals surface area contributed by atoms with E-state index in [9.17, 15) is 43.2 Å². The molecule has 0 aromatic heterocycles. The quantitative estimate of drug-likeness (QED) is 0.0222. The van der Waals surface area contributed by atoms with Gasteiger partial charge in [0.1, 0.15) is 19.3 Å². The number of unbranched alkanes of at least 4 members (excludes halogenated alkanes) is 31. The van der Waals surface area contributed by atoms with Crippen molar-refractivity contribution in [1.82, 2.24) is 0 Å². The molecule has 0 saturated carbocycles. The van der Waals surface area contributed by atoms with Crippen molar-refractivity contribution in [3.05, 3.63) is 0 Å². The highest BCUT2D eigenvalue weighted by Crippen LogP contribution is 2.45. The van der Waals surface area contributed by atoms with Crippen molar-refractivity contribution in [2.45, 2.75) is 310 Å². The van der Waals surface area contributed by atoms with Crippen LogP contribution in [0.4, 0.5) is 0 Å². The summed E-state index contributed by atoms with van der Waals surface area (Å²) in [5.41, 5.74) is 0. The monoisotopic (exact) mass is 1160 g/mol. The van der Waals surface area contributed by atoms with Crippen LogP contribution in [0.3, 0.4) is 0 Å². The highest BCUT2D eigenvalue weighted by Gasteiger charge is 2.30. The fraction of sp³-hybridized carbons (Fsp3) is 0.932. The minimum atomic E-state index is -4.94. The summed E-state index contributed by atoms with van der Waals surface area (Å²) in [7, 11) is -9.87. The Morgan fingerprint density at radius 2 is 0.590 bits per heavy atom. The average Bonchev–Trinajstić information content (AvgIpc) is 3.40. The molecule has 0 saturated heterocycles. The SMILES string of the molecule is CCCCCCCCCCCCC(=O)OC[C@H](COP(=O)(O)OC[C@@H](O)COP(=O)(O)OC[C@@H](COC(=O)CCCCCCCCC)OC(=O)CCCCCCCCCCCC)OC(=O)CCCCCCCCCCC(C)C. The second-order valence-electron chi connectivity index (χ2n) is 21.9. The maximum Gasteiger partial charge on any atom is 0.472 e. The topological polar surface area (TPSA) is 237 Å². The molecule has 0 bridgehead atoms. The van der Waals surface area contributed by atoms with Gasteiger partial charge in [0, 0.05) is 25.7 Å². The largest absolute Gasteiger partial charge is 0.472 e. The van der Waals surface area contributed by atoms with Crippen LogP contribution in [0, 0.1) is 5.92 Å². The summed E-state index contributed by atoms with van der Waals surface area (Å²) < 4.78 is 67.7. The molecule has 0 fully saturated rings. The summed E-state index contributed by atoms with van der Waals surface area (Å²) in [4.78, 5) is 71.8. The van der Waals surface area contributed by atoms with E-state index in [-0.39, 0.29) is 25.7 Å². The van der Waals surface area contributed by atoms with Gasteiger partial charge < -0.3 is 33.8 Å². The molecular weight excluding hydrogens is 1040 g/mol. The number of esters is 4. The summed E-state index contributed by atoms with van der Waals surface area (Å²) in [6.45, 7) is 7.06. The fourth-order valence-corrected chi connectivity index (χ4v) is 10.3. The van der Waals surface area contributed by atoms with E-state index in [1.807, 2.05) is 0 Å². The Morgan fingerprint density at radius 1 is 0.346 bits per heavy atom. The van der Waals surface area contributed by atoms with Crippen LogP contribution in [0.5, 0.6) is 0 Å². The first kappa shape index (κ1) is 76.1. The van der Waals surface area contributed by atoms with Gasteiger partial charge in [0.05, 0.1) is 26.4 Å². The minimum absolute atomic E-state index is 0.105. The minimum Gasteiger partial charge on any atom is -0.462 e. The number of ether oxygens (including phenoxy) is 4. The van der Waals surface area contributed by atoms with Gasteiger partial charge in [-0.25, -0.2) is 9.13 Å². The zero-order chi connectivity index (χ0) is 57.8. The van der Waals surface area contributed by atoms with E-state index in [0.717, 1.165) is 109 Å². The maximum absolute atomic E-state index is 12.9. The third kappa shape index (κ3) is 53.4. The lowest BCUT2D eigenvalue weighted by Crippen LogP contribution is -2.30. The van der Waals surface area contributed by atoms with Crippen molar-refractivity contribution >= 4 is 39.5 Å². The Labute approximate surface area is 473 Å². The molecule has 0 radical (unpaired) electrons. The predicted octanol–water partition coefficient (Wildman–Crippen LogP) is 15.8. The molecule has 0 amide bonds. The number of hydrogen-bond donors (Lipinski definition) is 3.